The number of nitrogens with one attached hydrogen (secondary N) is 4. The summed E-state index contributed by atoms with van der Waals surface area (Å²) in [5.41, 5.74) is 3.47. The molecular formula is C22H26N4O4. The minimum absolute atomic E-state index is 0.176. The molecule has 1 aliphatic heterocycles. The second kappa shape index (κ2) is 8.44. The number of carbonyl (C=O) groups is 3. The first-order valence-electron chi connectivity index (χ1n) is 9.71. The zero-order valence-electron chi connectivity index (χ0n) is 17.5. The van der Waals surface area contributed by atoms with Crippen molar-refractivity contribution in [1.29, 1.82) is 0 Å². The second-order valence-electron chi connectivity index (χ2n) is 7.98. The van der Waals surface area contributed by atoms with Crippen LogP contribution in [0.5, 0.6) is 0 Å². The molecule has 2 heterocycles. The number of anilines is 1. The average molecular weight is 410 g/mol. The monoisotopic (exact) mass is 410 g/mol. The van der Waals surface area contributed by atoms with E-state index in [1.807, 2.05) is 31.2 Å². The number of carbonyl (C=O) groups excluding carboxylic acids is 3. The van der Waals surface area contributed by atoms with Gasteiger partial charge in [0.15, 0.2) is 0 Å². The molecular weight excluding hydrogens is 384 g/mol. The van der Waals surface area contributed by atoms with Crippen molar-refractivity contribution in [3.8, 4) is 0 Å². The standard InChI is InChI=1S/C22H26N4O4/c1-13-16(19(27)23-9-10-24-21(29)30-22(2,3)4)12-25-18(13)11-15-14-7-5-6-8-17(14)26-20(15)28/h5-8,11-12,25H,9-10H2,1-4H3,(H,23,27)(H,24,29)(H,26,28)/b15-11-. The molecule has 3 rings (SSSR count). The molecule has 4 N–H and O–H groups in total. The highest BCUT2D eigenvalue weighted by atomic mass is 16.6. The quantitative estimate of drug-likeness (QED) is 0.448. The maximum Gasteiger partial charge on any atom is 0.407 e. The first-order valence-corrected chi connectivity index (χ1v) is 9.71. The predicted molar refractivity (Wildman–Crippen MR) is 115 cm³/mol. The maximum absolute atomic E-state index is 12.5. The fourth-order valence-electron chi connectivity index (χ4n) is 3.07. The van der Waals surface area contributed by atoms with E-state index in [0.717, 1.165) is 16.8 Å². The third-order valence-corrected chi connectivity index (χ3v) is 4.50. The fraction of sp³-hybridized carbons (Fsp3) is 0.318. The van der Waals surface area contributed by atoms with Crippen molar-refractivity contribution in [3.05, 3.63) is 52.8 Å². The van der Waals surface area contributed by atoms with Gasteiger partial charge in [0.1, 0.15) is 5.60 Å². The molecule has 0 aliphatic carbocycles. The molecule has 0 spiro atoms. The molecule has 0 fully saturated rings. The van der Waals surface area contributed by atoms with Gasteiger partial charge in [0.25, 0.3) is 11.8 Å². The summed E-state index contributed by atoms with van der Waals surface area (Å²) < 4.78 is 5.14. The number of ether oxygens (including phenoxy) is 1. The Kier molecular flexibility index (Phi) is 5.96. The Morgan fingerprint density at radius 3 is 2.57 bits per heavy atom. The van der Waals surface area contributed by atoms with Crippen LogP contribution >= 0.6 is 0 Å². The molecule has 0 saturated carbocycles. The molecule has 2 aromatic rings. The second-order valence-corrected chi connectivity index (χ2v) is 7.98. The Morgan fingerprint density at radius 1 is 1.13 bits per heavy atom. The van der Waals surface area contributed by atoms with Crippen molar-refractivity contribution >= 4 is 35.2 Å². The van der Waals surface area contributed by atoms with Crippen molar-refractivity contribution in [2.24, 2.45) is 0 Å². The van der Waals surface area contributed by atoms with E-state index >= 15 is 0 Å². The molecule has 1 aliphatic rings. The van der Waals surface area contributed by atoms with Crippen LogP contribution in [0.15, 0.2) is 30.5 Å². The molecule has 1 aromatic carbocycles. The van der Waals surface area contributed by atoms with Crippen molar-refractivity contribution in [3.63, 3.8) is 0 Å². The summed E-state index contributed by atoms with van der Waals surface area (Å²) in [6.45, 7) is 7.67. The van der Waals surface area contributed by atoms with Crippen molar-refractivity contribution in [2.75, 3.05) is 18.4 Å². The number of para-hydroxylation sites is 1. The van der Waals surface area contributed by atoms with Crippen LogP contribution in [0.4, 0.5) is 10.5 Å². The third-order valence-electron chi connectivity index (χ3n) is 4.50. The third kappa shape index (κ3) is 4.89. The SMILES string of the molecule is Cc1c(C(=O)NCCNC(=O)OC(C)(C)C)c[nH]c1/C=C1\C(=O)Nc2ccccc21. The Morgan fingerprint density at radius 2 is 1.83 bits per heavy atom. The van der Waals surface area contributed by atoms with Crippen LogP contribution in [0.3, 0.4) is 0 Å². The number of rotatable bonds is 5. The van der Waals surface area contributed by atoms with Crippen LogP contribution in [0, 0.1) is 6.92 Å². The summed E-state index contributed by atoms with van der Waals surface area (Å²) >= 11 is 0. The lowest BCUT2D eigenvalue weighted by Crippen LogP contribution is -2.37. The minimum atomic E-state index is -0.572. The summed E-state index contributed by atoms with van der Waals surface area (Å²) in [6, 6.07) is 7.46. The van der Waals surface area contributed by atoms with Gasteiger partial charge in [-0.15, -0.1) is 0 Å². The molecule has 0 saturated heterocycles. The van der Waals surface area contributed by atoms with Gasteiger partial charge in [0.05, 0.1) is 11.1 Å². The number of H-pyrrole nitrogens is 1. The van der Waals surface area contributed by atoms with Crippen LogP contribution in [0.1, 0.15) is 48.0 Å². The number of aromatic nitrogens is 1. The molecule has 30 heavy (non-hydrogen) atoms. The number of hydrogen-bond donors (Lipinski definition) is 4. The Hall–Kier alpha value is -3.55. The van der Waals surface area contributed by atoms with Gasteiger partial charge in [-0.2, -0.15) is 0 Å². The molecule has 3 amide bonds. The van der Waals surface area contributed by atoms with Crippen LogP contribution in [-0.4, -0.2) is 41.6 Å². The van der Waals surface area contributed by atoms with Crippen molar-refractivity contribution < 1.29 is 19.1 Å². The van der Waals surface area contributed by atoms with E-state index in [2.05, 4.69) is 20.9 Å². The first-order chi connectivity index (χ1) is 14.2. The number of amides is 3. The molecule has 8 heteroatoms. The van der Waals surface area contributed by atoms with Gasteiger partial charge < -0.3 is 25.7 Å². The highest BCUT2D eigenvalue weighted by Crippen LogP contribution is 2.33. The maximum atomic E-state index is 12.5. The lowest BCUT2D eigenvalue weighted by molar-refractivity contribution is -0.110. The lowest BCUT2D eigenvalue weighted by Gasteiger charge is -2.19. The number of alkyl carbamates (subject to hydrolysis) is 1. The fourth-order valence-corrected chi connectivity index (χ4v) is 3.07. The van der Waals surface area contributed by atoms with Crippen molar-refractivity contribution in [2.45, 2.75) is 33.3 Å². The van der Waals surface area contributed by atoms with E-state index < -0.39 is 11.7 Å². The number of aromatic amines is 1. The van der Waals surface area contributed by atoms with Crippen molar-refractivity contribution in [1.82, 2.24) is 15.6 Å². The highest BCUT2D eigenvalue weighted by Gasteiger charge is 2.24. The predicted octanol–water partition coefficient (Wildman–Crippen LogP) is 3.07. The normalized spacial score (nSPS) is 14.3. The summed E-state index contributed by atoms with van der Waals surface area (Å²) in [7, 11) is 0. The number of benzene rings is 1. The largest absolute Gasteiger partial charge is 0.444 e. The number of hydrogen-bond acceptors (Lipinski definition) is 4. The van der Waals surface area contributed by atoms with Gasteiger partial charge in [0, 0.05) is 36.2 Å². The van der Waals surface area contributed by atoms with E-state index in [1.54, 1.807) is 33.0 Å². The molecule has 158 valence electrons. The molecule has 8 nitrogen and oxygen atoms in total. The van der Waals surface area contributed by atoms with Gasteiger partial charge in [-0.05, 0) is 45.4 Å². The Bertz CT molecular complexity index is 1010. The van der Waals surface area contributed by atoms with Crippen LogP contribution < -0.4 is 16.0 Å². The van der Waals surface area contributed by atoms with Gasteiger partial charge in [-0.25, -0.2) is 4.79 Å². The summed E-state index contributed by atoms with van der Waals surface area (Å²) in [5.74, 6) is -0.444. The Labute approximate surface area is 175 Å². The average Bonchev–Trinajstić information content (AvgIpc) is 3.18. The Balaban J connectivity index is 1.61. The van der Waals surface area contributed by atoms with E-state index in [-0.39, 0.29) is 24.9 Å². The first kappa shape index (κ1) is 21.2. The minimum Gasteiger partial charge on any atom is -0.444 e. The highest BCUT2D eigenvalue weighted by molar-refractivity contribution is 6.34. The van der Waals surface area contributed by atoms with Gasteiger partial charge in [-0.1, -0.05) is 18.2 Å². The smallest absolute Gasteiger partial charge is 0.407 e. The van der Waals surface area contributed by atoms with Gasteiger partial charge in [0.2, 0.25) is 0 Å². The van der Waals surface area contributed by atoms with E-state index in [1.165, 1.54) is 0 Å². The topological polar surface area (TPSA) is 112 Å². The van der Waals surface area contributed by atoms with Crippen LogP contribution in [0.25, 0.3) is 11.6 Å². The summed E-state index contributed by atoms with van der Waals surface area (Å²) in [5, 5.41) is 8.18. The summed E-state index contributed by atoms with van der Waals surface area (Å²) in [4.78, 5) is 39.4. The zero-order chi connectivity index (χ0) is 21.9. The molecule has 1 aromatic heterocycles. The van der Waals surface area contributed by atoms with Gasteiger partial charge >= 0.3 is 6.09 Å². The zero-order valence-corrected chi connectivity index (χ0v) is 17.5. The molecule has 0 unspecified atom stereocenters. The molecule has 0 bridgehead atoms. The van der Waals surface area contributed by atoms with Crippen LogP contribution in [0.2, 0.25) is 0 Å². The molecule has 0 radical (unpaired) electrons. The van der Waals surface area contributed by atoms with E-state index in [9.17, 15) is 14.4 Å². The summed E-state index contributed by atoms with van der Waals surface area (Å²) in [6.07, 6.45) is 2.83. The van der Waals surface area contributed by atoms with Crippen LogP contribution in [-0.2, 0) is 9.53 Å². The van der Waals surface area contributed by atoms with E-state index in [4.69, 9.17) is 4.74 Å². The lowest BCUT2D eigenvalue weighted by atomic mass is 10.0. The number of fused-ring (bicyclic) bond motifs is 1. The molecule has 0 atom stereocenters. The van der Waals surface area contributed by atoms with E-state index in [0.29, 0.717) is 16.8 Å². The van der Waals surface area contributed by atoms with Gasteiger partial charge in [-0.3, -0.25) is 9.59 Å².